The molecule has 7 nitrogen and oxygen atoms in total. The molecule has 1 aromatic rings. The molecule has 0 saturated heterocycles. The normalized spacial score (nSPS) is 34.8. The van der Waals surface area contributed by atoms with Gasteiger partial charge in [0.2, 0.25) is 5.91 Å². The van der Waals surface area contributed by atoms with E-state index in [1.807, 2.05) is 19.1 Å². The van der Waals surface area contributed by atoms with Crippen LogP contribution in [-0.4, -0.2) is 40.4 Å². The molecule has 0 radical (unpaired) electrons. The van der Waals surface area contributed by atoms with Gasteiger partial charge in [0, 0.05) is 42.3 Å². The van der Waals surface area contributed by atoms with Crippen molar-refractivity contribution in [2.45, 2.75) is 97.2 Å². The second kappa shape index (κ2) is 10.6. The van der Waals surface area contributed by atoms with Crippen LogP contribution < -0.4 is 5.32 Å². The van der Waals surface area contributed by atoms with Crippen molar-refractivity contribution in [2.75, 3.05) is 6.54 Å². The minimum atomic E-state index is -0.841. The maximum atomic E-state index is 12.8. The Hall–Kier alpha value is -2.54. The van der Waals surface area contributed by atoms with E-state index in [-0.39, 0.29) is 54.0 Å². The molecule has 3 fully saturated rings. The molecule has 4 aliphatic rings. The fourth-order valence-corrected chi connectivity index (χ4v) is 8.23. The van der Waals surface area contributed by atoms with Crippen LogP contribution in [0.15, 0.2) is 30.0 Å². The van der Waals surface area contributed by atoms with Gasteiger partial charge in [-0.3, -0.25) is 19.4 Å². The quantitative estimate of drug-likeness (QED) is 0.500. The van der Waals surface area contributed by atoms with Crippen molar-refractivity contribution in [1.82, 2.24) is 10.3 Å². The first-order valence-corrected chi connectivity index (χ1v) is 14.4. The van der Waals surface area contributed by atoms with Crippen molar-refractivity contribution in [3.63, 3.8) is 0 Å². The number of hydrogen-bond donors (Lipinski definition) is 2. The van der Waals surface area contributed by atoms with Crippen molar-refractivity contribution in [2.24, 2.45) is 28.6 Å². The zero-order chi connectivity index (χ0) is 27.1. The predicted octanol–water partition coefficient (Wildman–Crippen LogP) is 4.76. The Labute approximate surface area is 225 Å². The van der Waals surface area contributed by atoms with E-state index in [1.54, 1.807) is 12.3 Å². The summed E-state index contributed by atoms with van der Waals surface area (Å²) >= 11 is 0. The number of pyridine rings is 1. The van der Waals surface area contributed by atoms with Gasteiger partial charge in [0.15, 0.2) is 5.78 Å². The summed E-state index contributed by atoms with van der Waals surface area (Å²) in [5.74, 6) is 1.46. The molecule has 0 bridgehead atoms. The Bertz CT molecular complexity index is 1110. The highest BCUT2D eigenvalue weighted by molar-refractivity contribution is 5.91. The first kappa shape index (κ1) is 27.0. The van der Waals surface area contributed by atoms with E-state index < -0.39 is 6.10 Å². The number of aromatic nitrogens is 1. The van der Waals surface area contributed by atoms with Gasteiger partial charge in [-0.05, 0) is 87.2 Å². The van der Waals surface area contributed by atoms with Gasteiger partial charge in [0.05, 0.1) is 12.5 Å². The molecule has 1 heterocycles. The van der Waals surface area contributed by atoms with E-state index >= 15 is 0 Å². The Morgan fingerprint density at radius 3 is 2.68 bits per heavy atom. The topological polar surface area (TPSA) is 106 Å². The van der Waals surface area contributed by atoms with Gasteiger partial charge in [0.25, 0.3) is 0 Å². The number of ketones is 1. The Kier molecular flexibility index (Phi) is 7.51. The number of esters is 1. The molecule has 1 amide bonds. The average molecular weight is 523 g/mol. The predicted molar refractivity (Wildman–Crippen MR) is 143 cm³/mol. The van der Waals surface area contributed by atoms with E-state index in [2.05, 4.69) is 24.1 Å². The zero-order valence-corrected chi connectivity index (χ0v) is 23.0. The van der Waals surface area contributed by atoms with Crippen LogP contribution in [0.2, 0.25) is 0 Å². The van der Waals surface area contributed by atoms with Crippen LogP contribution in [0, 0.1) is 35.5 Å². The number of fused-ring (bicyclic) bond motifs is 5. The minimum Gasteiger partial charge on any atom is -0.462 e. The third-order valence-electron chi connectivity index (χ3n) is 10.5. The number of aryl methyl sites for hydroxylation is 1. The average Bonchev–Trinajstić information content (AvgIpc) is 3.22. The molecule has 3 saturated carbocycles. The number of rotatable bonds is 7. The zero-order valence-electron chi connectivity index (χ0n) is 23.0. The number of carbonyl (C=O) groups is 3. The van der Waals surface area contributed by atoms with E-state index in [9.17, 15) is 19.5 Å². The lowest BCUT2D eigenvalue weighted by molar-refractivity contribution is -0.160. The molecular weight excluding hydrogens is 480 g/mol. The van der Waals surface area contributed by atoms with Crippen molar-refractivity contribution in [1.29, 1.82) is 0 Å². The largest absolute Gasteiger partial charge is 0.462 e. The van der Waals surface area contributed by atoms with Crippen molar-refractivity contribution < 1.29 is 24.2 Å². The third-order valence-corrected chi connectivity index (χ3v) is 10.5. The molecule has 2 N–H and O–H groups in total. The maximum Gasteiger partial charge on any atom is 0.306 e. The number of amides is 1. The molecule has 7 atom stereocenters. The third kappa shape index (κ3) is 5.06. The highest BCUT2D eigenvalue weighted by atomic mass is 16.5. The molecule has 206 valence electrons. The summed E-state index contributed by atoms with van der Waals surface area (Å²) in [5, 5.41) is 13.0. The molecule has 7 heteroatoms. The SMILES string of the molecule is Cc1ccc(C(O)CNC(=O)CCC(=O)OC2CCC3C4CCC5=CC(=O)CC[C@]5(C)C4CC[C@]23C)cn1. The van der Waals surface area contributed by atoms with Gasteiger partial charge in [-0.1, -0.05) is 25.5 Å². The summed E-state index contributed by atoms with van der Waals surface area (Å²) in [7, 11) is 0. The summed E-state index contributed by atoms with van der Waals surface area (Å²) in [6, 6.07) is 3.61. The number of nitrogens with zero attached hydrogens (tertiary/aromatic N) is 1. The van der Waals surface area contributed by atoms with Crippen molar-refractivity contribution in [3.8, 4) is 0 Å². The van der Waals surface area contributed by atoms with Crippen LogP contribution in [0.3, 0.4) is 0 Å². The van der Waals surface area contributed by atoms with E-state index in [0.717, 1.165) is 50.6 Å². The van der Waals surface area contributed by atoms with Crippen LogP contribution in [0.25, 0.3) is 0 Å². The molecule has 0 spiro atoms. The van der Waals surface area contributed by atoms with Gasteiger partial charge in [-0.25, -0.2) is 0 Å². The fraction of sp³-hybridized carbons (Fsp3) is 0.677. The molecule has 0 aromatic carbocycles. The number of aliphatic hydroxyl groups is 1. The van der Waals surface area contributed by atoms with Crippen LogP contribution in [-0.2, 0) is 19.1 Å². The smallest absolute Gasteiger partial charge is 0.306 e. The Morgan fingerprint density at radius 1 is 1.11 bits per heavy atom. The lowest BCUT2D eigenvalue weighted by Crippen LogP contribution is -2.51. The summed E-state index contributed by atoms with van der Waals surface area (Å²) in [5.41, 5.74) is 3.00. The highest BCUT2D eigenvalue weighted by Gasteiger charge is 2.59. The second-order valence-electron chi connectivity index (χ2n) is 12.6. The van der Waals surface area contributed by atoms with E-state index in [1.165, 1.54) is 5.57 Å². The monoisotopic (exact) mass is 522 g/mol. The van der Waals surface area contributed by atoms with Crippen LogP contribution in [0.4, 0.5) is 0 Å². The number of ether oxygens (including phenoxy) is 1. The standard InChI is InChI=1S/C31H42N2O5/c1-19-4-5-20(17-32-19)26(35)18-33-28(36)10-11-29(37)38-27-9-8-24-23-7-6-21-16-22(34)12-14-30(21,2)25(23)13-15-31(24,27)3/h4-5,16-17,23-27,35H,6-15,18H2,1-3H3,(H,33,36)/t23?,24?,25?,26?,27?,30-,31-/m0/s1. The summed E-state index contributed by atoms with van der Waals surface area (Å²) < 4.78 is 6.03. The van der Waals surface area contributed by atoms with E-state index in [4.69, 9.17) is 4.74 Å². The Morgan fingerprint density at radius 2 is 1.92 bits per heavy atom. The molecule has 5 rings (SSSR count). The number of carbonyl (C=O) groups excluding carboxylic acids is 3. The van der Waals surface area contributed by atoms with Crippen LogP contribution >= 0.6 is 0 Å². The second-order valence-corrected chi connectivity index (χ2v) is 12.6. The number of hydrogen-bond acceptors (Lipinski definition) is 6. The van der Waals surface area contributed by atoms with Crippen LogP contribution in [0.1, 0.15) is 95.4 Å². The first-order valence-electron chi connectivity index (χ1n) is 14.4. The number of aliphatic hydroxyl groups excluding tert-OH is 1. The molecule has 38 heavy (non-hydrogen) atoms. The Balaban J connectivity index is 1.12. The molecular formula is C31H42N2O5. The van der Waals surface area contributed by atoms with Gasteiger partial charge in [-0.15, -0.1) is 0 Å². The molecule has 4 aliphatic carbocycles. The van der Waals surface area contributed by atoms with Crippen LogP contribution in [0.5, 0.6) is 0 Å². The number of allylic oxidation sites excluding steroid dienone is 1. The summed E-state index contributed by atoms with van der Waals surface area (Å²) in [6.07, 6.45) is 10.6. The summed E-state index contributed by atoms with van der Waals surface area (Å²) in [4.78, 5) is 41.3. The van der Waals surface area contributed by atoms with Gasteiger partial charge >= 0.3 is 5.97 Å². The fourth-order valence-electron chi connectivity index (χ4n) is 8.23. The molecule has 5 unspecified atom stereocenters. The maximum absolute atomic E-state index is 12.8. The van der Waals surface area contributed by atoms with Gasteiger partial charge in [-0.2, -0.15) is 0 Å². The summed E-state index contributed by atoms with van der Waals surface area (Å²) in [6.45, 7) is 6.65. The number of nitrogens with one attached hydrogen (secondary N) is 1. The highest BCUT2D eigenvalue weighted by Crippen LogP contribution is 2.65. The minimum absolute atomic E-state index is 0.0205. The van der Waals surface area contributed by atoms with Gasteiger partial charge < -0.3 is 15.2 Å². The lowest BCUT2D eigenvalue weighted by atomic mass is 9.47. The lowest BCUT2D eigenvalue weighted by Gasteiger charge is -2.57. The van der Waals surface area contributed by atoms with Crippen molar-refractivity contribution in [3.05, 3.63) is 41.2 Å². The van der Waals surface area contributed by atoms with Gasteiger partial charge in [0.1, 0.15) is 6.10 Å². The first-order chi connectivity index (χ1) is 18.1. The molecule has 0 aliphatic heterocycles. The van der Waals surface area contributed by atoms with Crippen molar-refractivity contribution >= 4 is 17.7 Å². The molecule has 1 aromatic heterocycles. The van der Waals surface area contributed by atoms with E-state index in [0.29, 0.717) is 29.7 Å².